The van der Waals surface area contributed by atoms with Crippen molar-refractivity contribution in [2.45, 2.75) is 19.5 Å². The summed E-state index contributed by atoms with van der Waals surface area (Å²) < 4.78 is 44.2. The van der Waals surface area contributed by atoms with Gasteiger partial charge in [-0.25, -0.2) is 4.98 Å². The summed E-state index contributed by atoms with van der Waals surface area (Å²) in [5, 5.41) is 7.02. The van der Waals surface area contributed by atoms with Gasteiger partial charge in [0.2, 0.25) is 5.91 Å². The quantitative estimate of drug-likeness (QED) is 0.584. The average molecular weight is 412 g/mol. The number of halogens is 3. The van der Waals surface area contributed by atoms with Crippen molar-refractivity contribution in [2.75, 3.05) is 11.9 Å². The number of benzene rings is 1. The average Bonchev–Trinajstić information content (AvgIpc) is 3.27. The van der Waals surface area contributed by atoms with E-state index in [1.807, 2.05) is 17.5 Å². The molecule has 3 rings (SSSR count). The van der Waals surface area contributed by atoms with Gasteiger partial charge in [-0.2, -0.15) is 13.2 Å². The summed E-state index contributed by atoms with van der Waals surface area (Å²) in [4.78, 5) is 17.7. The molecule has 0 aliphatic rings. The fraction of sp³-hybridized carbons (Fsp3) is 0.222. The molecule has 9 heteroatoms. The van der Waals surface area contributed by atoms with E-state index in [1.54, 1.807) is 23.6 Å². The molecule has 0 bridgehead atoms. The molecule has 0 atom stereocenters. The summed E-state index contributed by atoms with van der Waals surface area (Å²) >= 11 is 2.96. The number of hydrogen-bond donors (Lipinski definition) is 1. The number of alkyl halides is 3. The molecule has 1 aromatic carbocycles. The first-order valence-electron chi connectivity index (χ1n) is 7.99. The van der Waals surface area contributed by atoms with Gasteiger partial charge >= 0.3 is 6.18 Å². The number of thiophene rings is 1. The monoisotopic (exact) mass is 412 g/mol. The van der Waals surface area contributed by atoms with Crippen molar-refractivity contribution < 1.29 is 22.7 Å². The standard InChI is InChI=1S/C18H15F3N2O2S2/c1-2-25-14-6-5-11(18(19,20)21)8-13(14)23-16(24)9-12-10-27-17(22-12)15-4-3-7-26-15/h3-8,10H,2,9H2,1H3,(H,23,24). The molecule has 1 amide bonds. The van der Waals surface area contributed by atoms with Gasteiger partial charge in [0.05, 0.1) is 34.8 Å². The molecule has 0 spiro atoms. The van der Waals surface area contributed by atoms with Crippen LogP contribution >= 0.6 is 22.7 Å². The van der Waals surface area contributed by atoms with E-state index in [0.717, 1.165) is 22.0 Å². The molecule has 4 nitrogen and oxygen atoms in total. The second-order valence-electron chi connectivity index (χ2n) is 5.49. The van der Waals surface area contributed by atoms with Gasteiger partial charge in [-0.15, -0.1) is 22.7 Å². The predicted molar refractivity (Wildman–Crippen MR) is 100 cm³/mol. The Morgan fingerprint density at radius 3 is 2.74 bits per heavy atom. The molecular formula is C18H15F3N2O2S2. The Labute approximate surface area is 161 Å². The molecule has 0 aliphatic carbocycles. The van der Waals surface area contributed by atoms with Crippen LogP contribution in [0, 0.1) is 0 Å². The summed E-state index contributed by atoms with van der Waals surface area (Å²) in [6.07, 6.45) is -4.54. The minimum Gasteiger partial charge on any atom is -0.492 e. The number of ether oxygens (including phenoxy) is 1. The topological polar surface area (TPSA) is 51.2 Å². The van der Waals surface area contributed by atoms with E-state index in [1.165, 1.54) is 17.4 Å². The van der Waals surface area contributed by atoms with Crippen molar-refractivity contribution in [1.29, 1.82) is 0 Å². The largest absolute Gasteiger partial charge is 0.492 e. The fourth-order valence-corrected chi connectivity index (χ4v) is 3.98. The maximum atomic E-state index is 12.9. The first kappa shape index (κ1) is 19.4. The van der Waals surface area contributed by atoms with Crippen LogP contribution in [-0.4, -0.2) is 17.5 Å². The lowest BCUT2D eigenvalue weighted by atomic mass is 10.1. The van der Waals surface area contributed by atoms with Crippen LogP contribution in [0.4, 0.5) is 18.9 Å². The first-order chi connectivity index (χ1) is 12.9. The zero-order valence-electron chi connectivity index (χ0n) is 14.2. The highest BCUT2D eigenvalue weighted by Gasteiger charge is 2.31. The van der Waals surface area contributed by atoms with E-state index < -0.39 is 17.6 Å². The second-order valence-corrected chi connectivity index (χ2v) is 7.29. The van der Waals surface area contributed by atoms with Crippen LogP contribution in [0.2, 0.25) is 0 Å². The van der Waals surface area contributed by atoms with E-state index in [-0.39, 0.29) is 24.5 Å². The van der Waals surface area contributed by atoms with Gasteiger partial charge in [0.1, 0.15) is 10.8 Å². The van der Waals surface area contributed by atoms with Gasteiger partial charge in [0.25, 0.3) is 0 Å². The van der Waals surface area contributed by atoms with E-state index in [4.69, 9.17) is 4.74 Å². The van der Waals surface area contributed by atoms with E-state index in [0.29, 0.717) is 5.69 Å². The van der Waals surface area contributed by atoms with Gasteiger partial charge in [0, 0.05) is 5.38 Å². The van der Waals surface area contributed by atoms with Crippen LogP contribution in [0.1, 0.15) is 18.2 Å². The third-order valence-electron chi connectivity index (χ3n) is 3.51. The van der Waals surface area contributed by atoms with Crippen LogP contribution in [0.5, 0.6) is 5.75 Å². The first-order valence-corrected chi connectivity index (χ1v) is 9.75. The van der Waals surface area contributed by atoms with Crippen LogP contribution in [0.3, 0.4) is 0 Å². The Hall–Kier alpha value is -2.39. The van der Waals surface area contributed by atoms with E-state index in [9.17, 15) is 18.0 Å². The molecule has 0 aliphatic heterocycles. The van der Waals surface area contributed by atoms with Crippen molar-refractivity contribution >= 4 is 34.3 Å². The number of thiazole rings is 1. The van der Waals surface area contributed by atoms with Crippen molar-refractivity contribution in [3.05, 3.63) is 52.3 Å². The summed E-state index contributed by atoms with van der Waals surface area (Å²) in [5.41, 5.74) is -0.300. The van der Waals surface area contributed by atoms with Crippen molar-refractivity contribution in [2.24, 2.45) is 0 Å². The van der Waals surface area contributed by atoms with Gasteiger partial charge in [-0.3, -0.25) is 4.79 Å². The normalized spacial score (nSPS) is 11.4. The van der Waals surface area contributed by atoms with Gasteiger partial charge in [0.15, 0.2) is 0 Å². The number of hydrogen-bond acceptors (Lipinski definition) is 5. The van der Waals surface area contributed by atoms with E-state index >= 15 is 0 Å². The molecule has 1 N–H and O–H groups in total. The molecule has 27 heavy (non-hydrogen) atoms. The number of aromatic nitrogens is 1. The highest BCUT2D eigenvalue weighted by atomic mass is 32.1. The van der Waals surface area contributed by atoms with Gasteiger partial charge in [-0.1, -0.05) is 6.07 Å². The lowest BCUT2D eigenvalue weighted by molar-refractivity contribution is -0.137. The van der Waals surface area contributed by atoms with E-state index in [2.05, 4.69) is 10.3 Å². The molecule has 3 aromatic rings. The van der Waals surface area contributed by atoms with Gasteiger partial charge in [-0.05, 0) is 36.6 Å². The minimum absolute atomic E-state index is 0.00890. The van der Waals surface area contributed by atoms with Crippen molar-refractivity contribution in [3.8, 4) is 15.6 Å². The fourth-order valence-electron chi connectivity index (χ4n) is 2.35. The molecule has 2 aromatic heterocycles. The summed E-state index contributed by atoms with van der Waals surface area (Å²) in [6.45, 7) is 1.98. The number of carbonyl (C=O) groups excluding carboxylic acids is 1. The smallest absolute Gasteiger partial charge is 0.416 e. The number of carbonyl (C=O) groups is 1. The number of amides is 1. The van der Waals surface area contributed by atoms with Crippen LogP contribution in [0.15, 0.2) is 41.1 Å². The van der Waals surface area contributed by atoms with Crippen LogP contribution < -0.4 is 10.1 Å². The highest BCUT2D eigenvalue weighted by molar-refractivity contribution is 7.20. The zero-order valence-corrected chi connectivity index (χ0v) is 15.8. The Balaban J connectivity index is 1.75. The minimum atomic E-state index is -4.51. The van der Waals surface area contributed by atoms with Crippen LogP contribution in [-0.2, 0) is 17.4 Å². The summed E-state index contributed by atoms with van der Waals surface area (Å²) in [7, 11) is 0. The lowest BCUT2D eigenvalue weighted by Crippen LogP contribution is -2.16. The molecule has 142 valence electrons. The third-order valence-corrected chi connectivity index (χ3v) is 5.44. The van der Waals surface area contributed by atoms with Crippen molar-refractivity contribution in [1.82, 2.24) is 4.98 Å². The maximum Gasteiger partial charge on any atom is 0.416 e. The maximum absolute atomic E-state index is 12.9. The Kier molecular flexibility index (Phi) is 5.81. The second kappa shape index (κ2) is 8.10. The molecule has 0 saturated heterocycles. The predicted octanol–water partition coefficient (Wildman–Crippen LogP) is 5.47. The summed E-state index contributed by atoms with van der Waals surface area (Å²) in [5.74, 6) is -0.269. The number of nitrogens with one attached hydrogen (secondary N) is 1. The number of rotatable bonds is 6. The molecule has 0 unspecified atom stereocenters. The Morgan fingerprint density at radius 2 is 2.07 bits per heavy atom. The van der Waals surface area contributed by atoms with Gasteiger partial charge < -0.3 is 10.1 Å². The Bertz CT molecular complexity index is 921. The van der Waals surface area contributed by atoms with Crippen LogP contribution in [0.25, 0.3) is 9.88 Å². The zero-order chi connectivity index (χ0) is 19.4. The third kappa shape index (κ3) is 4.86. The SMILES string of the molecule is CCOc1ccc(C(F)(F)F)cc1NC(=O)Cc1csc(-c2cccs2)n1. The molecule has 0 fully saturated rings. The number of anilines is 1. The Morgan fingerprint density at radius 1 is 1.26 bits per heavy atom. The molecule has 0 radical (unpaired) electrons. The number of nitrogens with zero attached hydrogens (tertiary/aromatic N) is 1. The molecule has 2 heterocycles. The highest BCUT2D eigenvalue weighted by Crippen LogP contribution is 2.35. The lowest BCUT2D eigenvalue weighted by Gasteiger charge is -2.14. The molecule has 0 saturated carbocycles. The van der Waals surface area contributed by atoms with Crippen molar-refractivity contribution in [3.63, 3.8) is 0 Å². The summed E-state index contributed by atoms with van der Waals surface area (Å²) in [6, 6.07) is 6.86. The molecular weight excluding hydrogens is 397 g/mol.